The maximum Gasteiger partial charge on any atom is 0.369 e. The van der Waals surface area contributed by atoms with E-state index in [9.17, 15) is 4.79 Å². The van der Waals surface area contributed by atoms with E-state index in [1.807, 2.05) is 0 Å². The molecule has 0 fully saturated rings. The molecule has 0 amide bonds. The van der Waals surface area contributed by atoms with E-state index in [2.05, 4.69) is 26.4 Å². The van der Waals surface area contributed by atoms with Gasteiger partial charge < -0.3 is 4.74 Å². The standard InChI is InChI=1S/C12H11N7O2S/c1-4-9-8(7-21-11-13-5-6-22-11)10(14-17(9)2)19-12(20)18(3)15-16-19/h1,5-6H,7H2,2-3H3/i5T. The third-order valence-corrected chi connectivity index (χ3v) is 3.53. The Morgan fingerprint density at radius 1 is 1.45 bits per heavy atom. The van der Waals surface area contributed by atoms with Gasteiger partial charge in [-0.3, -0.25) is 4.68 Å². The van der Waals surface area contributed by atoms with Gasteiger partial charge in [-0.2, -0.15) is 9.78 Å². The van der Waals surface area contributed by atoms with Crippen LogP contribution in [0.25, 0.3) is 5.82 Å². The zero-order valence-corrected chi connectivity index (χ0v) is 12.5. The fraction of sp³-hybridized carbons (Fsp3) is 0.250. The summed E-state index contributed by atoms with van der Waals surface area (Å²) in [7, 11) is 3.15. The van der Waals surface area contributed by atoms with E-state index in [1.165, 1.54) is 23.1 Å². The summed E-state index contributed by atoms with van der Waals surface area (Å²) in [5.74, 6) is 2.77. The van der Waals surface area contributed by atoms with Crippen molar-refractivity contribution < 1.29 is 6.11 Å². The van der Waals surface area contributed by atoms with Crippen molar-refractivity contribution >= 4 is 11.3 Å². The van der Waals surface area contributed by atoms with Gasteiger partial charge in [-0.25, -0.2) is 9.78 Å². The predicted molar refractivity (Wildman–Crippen MR) is 77.7 cm³/mol. The highest BCUT2D eigenvalue weighted by Gasteiger charge is 2.20. The van der Waals surface area contributed by atoms with Crippen molar-refractivity contribution in [2.24, 2.45) is 14.1 Å². The van der Waals surface area contributed by atoms with Crippen LogP contribution in [0.4, 0.5) is 0 Å². The lowest BCUT2D eigenvalue weighted by atomic mass is 10.2. The van der Waals surface area contributed by atoms with Gasteiger partial charge in [0.25, 0.3) is 5.19 Å². The molecule has 112 valence electrons. The van der Waals surface area contributed by atoms with Crippen molar-refractivity contribution in [2.45, 2.75) is 6.61 Å². The molecular formula is C12H11N7O2S. The molecule has 0 spiro atoms. The summed E-state index contributed by atoms with van der Waals surface area (Å²) in [6, 6.07) is 0. The summed E-state index contributed by atoms with van der Waals surface area (Å²) in [5, 5.41) is 13.5. The number of thiazole rings is 1. The van der Waals surface area contributed by atoms with E-state index in [0.29, 0.717) is 16.5 Å². The number of rotatable bonds is 4. The van der Waals surface area contributed by atoms with Crippen LogP contribution in [-0.4, -0.2) is 34.6 Å². The van der Waals surface area contributed by atoms with Crippen LogP contribution in [0.2, 0.25) is 0 Å². The molecule has 0 saturated carbocycles. The first kappa shape index (κ1) is 12.8. The van der Waals surface area contributed by atoms with Crippen LogP contribution in [0.5, 0.6) is 5.19 Å². The Kier molecular flexibility index (Phi) is 3.17. The van der Waals surface area contributed by atoms with Gasteiger partial charge in [0.1, 0.15) is 12.3 Å². The fourth-order valence-corrected chi connectivity index (χ4v) is 2.30. The van der Waals surface area contributed by atoms with Crippen LogP contribution in [0.15, 0.2) is 16.3 Å². The van der Waals surface area contributed by atoms with Gasteiger partial charge in [-0.1, -0.05) is 17.3 Å². The highest BCUT2D eigenvalue weighted by atomic mass is 32.1. The summed E-state index contributed by atoms with van der Waals surface area (Å²) in [6.07, 6.45) is 5.65. The first-order valence-corrected chi connectivity index (χ1v) is 6.96. The maximum atomic E-state index is 12.0. The first-order valence-electron chi connectivity index (χ1n) is 6.58. The van der Waals surface area contributed by atoms with Crippen molar-refractivity contribution in [2.75, 3.05) is 0 Å². The molecule has 3 heterocycles. The van der Waals surface area contributed by atoms with E-state index in [-0.39, 0.29) is 18.6 Å². The lowest BCUT2D eigenvalue weighted by Crippen LogP contribution is -2.23. The SMILES string of the molecule is [3H]c1csc(OCc2c(-n3nnn(C)c3=O)nn(C)c2C#C)n1. The number of tetrazole rings is 1. The monoisotopic (exact) mass is 319 g/mol. The van der Waals surface area contributed by atoms with E-state index in [4.69, 9.17) is 12.5 Å². The second-order valence-electron chi connectivity index (χ2n) is 4.25. The maximum absolute atomic E-state index is 12.0. The Hall–Kier alpha value is -2.93. The van der Waals surface area contributed by atoms with Crippen LogP contribution >= 0.6 is 11.3 Å². The number of hydrogen-bond acceptors (Lipinski definition) is 7. The van der Waals surface area contributed by atoms with Gasteiger partial charge >= 0.3 is 5.69 Å². The third kappa shape index (κ3) is 2.27. The van der Waals surface area contributed by atoms with Gasteiger partial charge in [0.05, 0.1) is 6.93 Å². The number of aryl methyl sites for hydroxylation is 2. The molecule has 22 heavy (non-hydrogen) atoms. The third-order valence-electron chi connectivity index (χ3n) is 2.89. The smallest absolute Gasteiger partial charge is 0.369 e. The number of terminal acetylenes is 1. The minimum atomic E-state index is -0.449. The summed E-state index contributed by atoms with van der Waals surface area (Å²) < 4.78 is 16.5. The van der Waals surface area contributed by atoms with E-state index >= 15 is 0 Å². The number of hydrogen-bond donors (Lipinski definition) is 0. The molecule has 0 radical (unpaired) electrons. The Morgan fingerprint density at radius 3 is 2.86 bits per heavy atom. The topological polar surface area (TPSA) is 92.6 Å². The Balaban J connectivity index is 2.02. The van der Waals surface area contributed by atoms with E-state index in [1.54, 1.807) is 12.4 Å². The predicted octanol–water partition coefficient (Wildman–Crippen LogP) is -0.284. The van der Waals surface area contributed by atoms with Crippen LogP contribution in [0.3, 0.4) is 0 Å². The first-order chi connectivity index (χ1) is 11.0. The average Bonchev–Trinajstić information content (AvgIpc) is 3.17. The largest absolute Gasteiger partial charge is 0.465 e. The summed E-state index contributed by atoms with van der Waals surface area (Å²) >= 11 is 1.20. The summed E-state index contributed by atoms with van der Waals surface area (Å²) in [5.41, 5.74) is 0.523. The molecule has 10 heteroatoms. The second-order valence-corrected chi connectivity index (χ2v) is 5.07. The van der Waals surface area contributed by atoms with Crippen molar-refractivity contribution in [3.05, 3.63) is 33.3 Å². The second kappa shape index (κ2) is 5.45. The molecule has 0 atom stereocenters. The highest BCUT2D eigenvalue weighted by molar-refractivity contribution is 7.11. The van der Waals surface area contributed by atoms with Crippen LogP contribution in [0.1, 0.15) is 12.6 Å². The molecule has 9 nitrogen and oxygen atoms in total. The van der Waals surface area contributed by atoms with E-state index < -0.39 is 5.69 Å². The molecule has 0 aliphatic rings. The Bertz CT molecular complexity index is 961. The molecule has 0 unspecified atom stereocenters. The average molecular weight is 319 g/mol. The van der Waals surface area contributed by atoms with Crippen molar-refractivity contribution in [1.29, 1.82) is 0 Å². The molecule has 0 aliphatic heterocycles. The summed E-state index contributed by atoms with van der Waals surface area (Å²) in [4.78, 5) is 15.9. The lowest BCUT2D eigenvalue weighted by Gasteiger charge is -2.03. The number of nitrogens with zero attached hydrogens (tertiary/aromatic N) is 7. The highest BCUT2D eigenvalue weighted by Crippen LogP contribution is 2.20. The normalized spacial score (nSPS) is 11.2. The Labute approximate surface area is 130 Å². The Morgan fingerprint density at radius 2 is 2.27 bits per heavy atom. The molecule has 3 rings (SSSR count). The zero-order valence-electron chi connectivity index (χ0n) is 12.7. The molecule has 0 aromatic carbocycles. The van der Waals surface area contributed by atoms with Crippen LogP contribution in [0, 0.1) is 12.3 Å². The van der Waals surface area contributed by atoms with Crippen molar-refractivity contribution in [3.8, 4) is 23.4 Å². The molecule has 3 aromatic heterocycles. The van der Waals surface area contributed by atoms with Gasteiger partial charge in [0.2, 0.25) is 0 Å². The fourth-order valence-electron chi connectivity index (χ4n) is 1.87. The van der Waals surface area contributed by atoms with Crippen LogP contribution < -0.4 is 10.4 Å². The van der Waals surface area contributed by atoms with E-state index in [0.717, 1.165) is 9.36 Å². The van der Waals surface area contributed by atoms with Gasteiger partial charge in [0.15, 0.2) is 5.82 Å². The molecule has 3 aromatic rings. The molecule has 0 bridgehead atoms. The van der Waals surface area contributed by atoms with Gasteiger partial charge in [-0.15, -0.1) is 11.1 Å². The molecule has 0 N–H and O–H groups in total. The van der Waals surface area contributed by atoms with Gasteiger partial charge in [0, 0.05) is 25.6 Å². The molecular weight excluding hydrogens is 306 g/mol. The molecule has 0 saturated heterocycles. The number of ether oxygens (including phenoxy) is 1. The van der Waals surface area contributed by atoms with Crippen molar-refractivity contribution in [1.82, 2.24) is 34.6 Å². The van der Waals surface area contributed by atoms with Crippen LogP contribution in [-0.2, 0) is 20.7 Å². The summed E-state index contributed by atoms with van der Waals surface area (Å²) in [6.45, 7) is 0.0404. The molecule has 0 aliphatic carbocycles. The quantitative estimate of drug-likeness (QED) is 0.614. The number of aromatic nitrogens is 7. The zero-order chi connectivity index (χ0) is 16.6. The van der Waals surface area contributed by atoms with Crippen molar-refractivity contribution in [3.63, 3.8) is 0 Å². The minimum absolute atomic E-state index is 0.0404. The van der Waals surface area contributed by atoms with Gasteiger partial charge in [-0.05, 0) is 10.4 Å². The lowest BCUT2D eigenvalue weighted by molar-refractivity contribution is 0.303. The minimum Gasteiger partial charge on any atom is -0.465 e.